The molecule has 1 heterocycles. The van der Waals surface area contributed by atoms with E-state index in [2.05, 4.69) is 30.8 Å². The van der Waals surface area contributed by atoms with E-state index >= 15 is 0 Å². The van der Waals surface area contributed by atoms with Gasteiger partial charge in [-0.3, -0.25) is 4.90 Å². The van der Waals surface area contributed by atoms with Gasteiger partial charge < -0.3 is 10.6 Å². The highest BCUT2D eigenvalue weighted by Crippen LogP contribution is 2.32. The minimum atomic E-state index is 0.425. The highest BCUT2D eigenvalue weighted by atomic mass is 15.2. The van der Waals surface area contributed by atoms with Crippen LogP contribution in [0.25, 0.3) is 0 Å². The van der Waals surface area contributed by atoms with E-state index in [1.54, 1.807) is 0 Å². The molecule has 3 atom stereocenters. The van der Waals surface area contributed by atoms with Gasteiger partial charge in [0.25, 0.3) is 0 Å². The van der Waals surface area contributed by atoms with Crippen molar-refractivity contribution in [3.05, 3.63) is 0 Å². The summed E-state index contributed by atoms with van der Waals surface area (Å²) in [6.07, 6.45) is 9.42. The Labute approximate surface area is 125 Å². The third kappa shape index (κ3) is 4.44. The second-order valence-corrected chi connectivity index (χ2v) is 7.44. The summed E-state index contributed by atoms with van der Waals surface area (Å²) in [5.41, 5.74) is 6.43. The molecule has 3 unspecified atom stereocenters. The molecule has 0 radical (unpaired) electrons. The molecular formula is C17H35N3. The van der Waals surface area contributed by atoms with Gasteiger partial charge in [-0.15, -0.1) is 0 Å². The van der Waals surface area contributed by atoms with Crippen LogP contribution >= 0.6 is 0 Å². The molecule has 0 bridgehead atoms. The molecule has 2 fully saturated rings. The molecule has 3 heteroatoms. The van der Waals surface area contributed by atoms with Gasteiger partial charge in [0, 0.05) is 18.6 Å². The van der Waals surface area contributed by atoms with Crippen LogP contribution in [0.1, 0.15) is 51.9 Å². The number of hydrogen-bond donors (Lipinski definition) is 1. The van der Waals surface area contributed by atoms with E-state index in [-0.39, 0.29) is 0 Å². The lowest BCUT2D eigenvalue weighted by Gasteiger charge is -2.44. The van der Waals surface area contributed by atoms with Crippen LogP contribution in [-0.2, 0) is 0 Å². The number of nitrogens with two attached hydrogens (primary N) is 1. The standard InChI is InChI=1S/C17H35N3/c1-4-5-14-6-7-16(18)17(12-14)20-10-8-15(9-11-20)13-19(2)3/h14-17H,4-13,18H2,1-3H3. The first-order valence-electron chi connectivity index (χ1n) is 8.74. The Morgan fingerprint density at radius 3 is 2.35 bits per heavy atom. The van der Waals surface area contributed by atoms with Crippen LogP contribution in [-0.4, -0.2) is 55.6 Å². The smallest absolute Gasteiger partial charge is 0.0249 e. The Bertz CT molecular complexity index is 271. The lowest BCUT2D eigenvalue weighted by Crippen LogP contribution is -2.53. The topological polar surface area (TPSA) is 32.5 Å². The number of rotatable bonds is 5. The molecule has 0 amide bonds. The highest BCUT2D eigenvalue weighted by Gasteiger charge is 2.33. The summed E-state index contributed by atoms with van der Waals surface area (Å²) in [7, 11) is 4.39. The fourth-order valence-electron chi connectivity index (χ4n) is 4.33. The molecule has 1 saturated heterocycles. The molecular weight excluding hydrogens is 246 g/mol. The second-order valence-electron chi connectivity index (χ2n) is 7.44. The van der Waals surface area contributed by atoms with Crippen molar-refractivity contribution < 1.29 is 0 Å². The lowest BCUT2D eigenvalue weighted by molar-refractivity contribution is 0.0688. The maximum Gasteiger partial charge on any atom is 0.0249 e. The summed E-state index contributed by atoms with van der Waals surface area (Å²) in [5.74, 6) is 1.83. The van der Waals surface area contributed by atoms with E-state index in [1.807, 2.05) is 0 Å². The molecule has 1 saturated carbocycles. The summed E-state index contributed by atoms with van der Waals surface area (Å²) in [6.45, 7) is 6.12. The van der Waals surface area contributed by atoms with Crippen LogP contribution in [0.3, 0.4) is 0 Å². The van der Waals surface area contributed by atoms with Crippen LogP contribution in [0.4, 0.5) is 0 Å². The van der Waals surface area contributed by atoms with Crippen molar-refractivity contribution in [1.82, 2.24) is 9.80 Å². The van der Waals surface area contributed by atoms with Crippen molar-refractivity contribution in [3.63, 3.8) is 0 Å². The molecule has 1 aliphatic carbocycles. The van der Waals surface area contributed by atoms with Gasteiger partial charge in [-0.25, -0.2) is 0 Å². The SMILES string of the molecule is CCCC1CCC(N)C(N2CCC(CN(C)C)CC2)C1. The van der Waals surface area contributed by atoms with Crippen molar-refractivity contribution in [2.45, 2.75) is 64.0 Å². The lowest BCUT2D eigenvalue weighted by atomic mass is 9.79. The van der Waals surface area contributed by atoms with Crippen molar-refractivity contribution in [2.75, 3.05) is 33.7 Å². The predicted molar refractivity (Wildman–Crippen MR) is 86.9 cm³/mol. The summed E-state index contributed by atoms with van der Waals surface area (Å²) < 4.78 is 0. The fourth-order valence-corrected chi connectivity index (χ4v) is 4.33. The van der Waals surface area contributed by atoms with E-state index in [0.717, 1.165) is 11.8 Å². The van der Waals surface area contributed by atoms with E-state index < -0.39 is 0 Å². The predicted octanol–water partition coefficient (Wildman–Crippen LogP) is 2.56. The Morgan fingerprint density at radius 1 is 1.05 bits per heavy atom. The number of hydrogen-bond acceptors (Lipinski definition) is 3. The van der Waals surface area contributed by atoms with E-state index in [9.17, 15) is 0 Å². The molecule has 2 aliphatic rings. The van der Waals surface area contributed by atoms with E-state index in [0.29, 0.717) is 12.1 Å². The first kappa shape index (κ1) is 16.3. The Kier molecular flexibility index (Phi) is 6.31. The van der Waals surface area contributed by atoms with Gasteiger partial charge in [-0.2, -0.15) is 0 Å². The van der Waals surface area contributed by atoms with Crippen molar-refractivity contribution in [1.29, 1.82) is 0 Å². The largest absolute Gasteiger partial charge is 0.326 e. The van der Waals surface area contributed by atoms with Crippen molar-refractivity contribution >= 4 is 0 Å². The molecule has 0 aromatic heterocycles. The first-order chi connectivity index (χ1) is 9.60. The molecule has 0 aromatic rings. The summed E-state index contributed by atoms with van der Waals surface area (Å²) >= 11 is 0. The van der Waals surface area contributed by atoms with Gasteiger partial charge in [0.15, 0.2) is 0 Å². The number of likely N-dealkylation sites (tertiary alicyclic amines) is 1. The van der Waals surface area contributed by atoms with Crippen molar-refractivity contribution in [2.24, 2.45) is 17.6 Å². The number of nitrogens with zero attached hydrogens (tertiary/aromatic N) is 2. The fraction of sp³-hybridized carbons (Fsp3) is 1.00. The third-order valence-electron chi connectivity index (χ3n) is 5.42. The van der Waals surface area contributed by atoms with E-state index in [1.165, 1.54) is 64.6 Å². The van der Waals surface area contributed by atoms with Crippen LogP contribution in [0.2, 0.25) is 0 Å². The van der Waals surface area contributed by atoms with Gasteiger partial charge in [0.2, 0.25) is 0 Å². The molecule has 1 aliphatic heterocycles. The normalized spacial score (nSPS) is 33.8. The minimum absolute atomic E-state index is 0.425. The second kappa shape index (κ2) is 7.77. The summed E-state index contributed by atoms with van der Waals surface area (Å²) in [5, 5.41) is 0. The van der Waals surface area contributed by atoms with Crippen molar-refractivity contribution in [3.8, 4) is 0 Å². The zero-order chi connectivity index (χ0) is 14.5. The molecule has 118 valence electrons. The molecule has 3 nitrogen and oxygen atoms in total. The molecule has 2 N–H and O–H groups in total. The zero-order valence-corrected chi connectivity index (χ0v) is 13.9. The minimum Gasteiger partial charge on any atom is -0.326 e. The van der Waals surface area contributed by atoms with Gasteiger partial charge >= 0.3 is 0 Å². The van der Waals surface area contributed by atoms with Gasteiger partial charge in [0.05, 0.1) is 0 Å². The molecule has 0 aromatic carbocycles. The Balaban J connectivity index is 1.82. The Hall–Kier alpha value is -0.120. The molecule has 20 heavy (non-hydrogen) atoms. The molecule has 2 rings (SSSR count). The monoisotopic (exact) mass is 281 g/mol. The molecule has 0 spiro atoms. The first-order valence-corrected chi connectivity index (χ1v) is 8.74. The van der Waals surface area contributed by atoms with Crippen LogP contribution in [0.15, 0.2) is 0 Å². The summed E-state index contributed by atoms with van der Waals surface area (Å²) in [6, 6.07) is 1.09. The van der Waals surface area contributed by atoms with Crippen LogP contribution in [0.5, 0.6) is 0 Å². The average molecular weight is 281 g/mol. The van der Waals surface area contributed by atoms with Gasteiger partial charge in [-0.1, -0.05) is 19.8 Å². The van der Waals surface area contributed by atoms with Crippen LogP contribution < -0.4 is 5.73 Å². The van der Waals surface area contributed by atoms with Crippen LogP contribution in [0, 0.1) is 11.8 Å². The van der Waals surface area contributed by atoms with Gasteiger partial charge in [-0.05, 0) is 71.1 Å². The maximum atomic E-state index is 6.43. The average Bonchev–Trinajstić information content (AvgIpc) is 2.42. The van der Waals surface area contributed by atoms with Gasteiger partial charge in [0.1, 0.15) is 0 Å². The highest BCUT2D eigenvalue weighted by molar-refractivity contribution is 4.91. The van der Waals surface area contributed by atoms with E-state index in [4.69, 9.17) is 5.73 Å². The maximum absolute atomic E-state index is 6.43. The Morgan fingerprint density at radius 2 is 1.75 bits per heavy atom. The number of piperidine rings is 1. The summed E-state index contributed by atoms with van der Waals surface area (Å²) in [4.78, 5) is 5.06. The third-order valence-corrected chi connectivity index (χ3v) is 5.42. The quantitative estimate of drug-likeness (QED) is 0.840. The zero-order valence-electron chi connectivity index (χ0n) is 13.9.